The van der Waals surface area contributed by atoms with Gasteiger partial charge in [0.1, 0.15) is 25.0 Å². The van der Waals surface area contributed by atoms with Crippen molar-refractivity contribution in [1.29, 1.82) is 5.26 Å². The summed E-state index contributed by atoms with van der Waals surface area (Å²) >= 11 is 0. The Kier molecular flexibility index (Phi) is 3.94. The first-order valence-electron chi connectivity index (χ1n) is 4.43. The Morgan fingerprint density at radius 3 is 2.18 bits per heavy atom. The Hall–Kier alpha value is -2.69. The molecule has 0 aliphatic rings. The largest absolute Gasteiger partial charge is 0.480 e. The summed E-state index contributed by atoms with van der Waals surface area (Å²) in [5.74, 6) is -2.27. The summed E-state index contributed by atoms with van der Waals surface area (Å²) in [4.78, 5) is 29.6. The van der Waals surface area contributed by atoms with E-state index >= 15 is 0 Å². The fraction of sp³-hybridized carbons (Fsp3) is 0.222. The molecule has 1 aromatic heterocycles. The van der Waals surface area contributed by atoms with Gasteiger partial charge in [0.2, 0.25) is 0 Å². The second kappa shape index (κ2) is 5.41. The van der Waals surface area contributed by atoms with Crippen LogP contribution in [0.25, 0.3) is 0 Å². The minimum absolute atomic E-state index is 0.0688. The third-order valence-electron chi connectivity index (χ3n) is 1.73. The molecule has 0 fully saturated rings. The number of nitrogens with zero attached hydrogens (tertiary/aromatic N) is 4. The summed E-state index contributed by atoms with van der Waals surface area (Å²) in [6.45, 7) is -1.01. The molecule has 0 spiro atoms. The van der Waals surface area contributed by atoms with Crippen molar-refractivity contribution < 1.29 is 19.8 Å². The molecule has 0 aliphatic carbocycles. The molecule has 0 saturated heterocycles. The molecule has 1 rings (SSSR count). The van der Waals surface area contributed by atoms with Gasteiger partial charge in [0.15, 0.2) is 5.69 Å². The normalized spacial score (nSPS) is 9.35. The number of hydrogen-bond donors (Lipinski definition) is 2. The minimum Gasteiger partial charge on any atom is -0.480 e. The molecule has 0 aliphatic heterocycles. The zero-order valence-corrected chi connectivity index (χ0v) is 8.57. The first kappa shape index (κ1) is 12.4. The van der Waals surface area contributed by atoms with Crippen LogP contribution in [-0.2, 0) is 9.59 Å². The highest BCUT2D eigenvalue weighted by molar-refractivity contribution is 5.78. The van der Waals surface area contributed by atoms with Crippen LogP contribution >= 0.6 is 0 Å². The van der Waals surface area contributed by atoms with Gasteiger partial charge in [0.05, 0.1) is 12.4 Å². The molecule has 8 nitrogen and oxygen atoms in total. The Balaban J connectivity index is 2.91. The summed E-state index contributed by atoms with van der Waals surface area (Å²) in [5, 5.41) is 25.8. The highest BCUT2D eigenvalue weighted by atomic mass is 16.4. The van der Waals surface area contributed by atoms with Crippen molar-refractivity contribution >= 4 is 17.8 Å². The van der Waals surface area contributed by atoms with Crippen LogP contribution in [0.2, 0.25) is 0 Å². The van der Waals surface area contributed by atoms with Crippen LogP contribution in [0.3, 0.4) is 0 Å². The summed E-state index contributed by atoms with van der Waals surface area (Å²) < 4.78 is 0. The lowest BCUT2D eigenvalue weighted by Gasteiger charge is -2.18. The maximum Gasteiger partial charge on any atom is 0.323 e. The van der Waals surface area contributed by atoms with E-state index in [1.54, 1.807) is 6.07 Å². The maximum absolute atomic E-state index is 10.6. The molecule has 0 amide bonds. The van der Waals surface area contributed by atoms with Crippen LogP contribution in [0.1, 0.15) is 5.69 Å². The molecule has 8 heteroatoms. The average Bonchev–Trinajstić information content (AvgIpc) is 2.27. The van der Waals surface area contributed by atoms with Crippen LogP contribution in [0, 0.1) is 11.3 Å². The van der Waals surface area contributed by atoms with E-state index in [0.717, 1.165) is 17.3 Å². The van der Waals surface area contributed by atoms with Gasteiger partial charge in [-0.2, -0.15) is 5.26 Å². The van der Waals surface area contributed by atoms with Gasteiger partial charge in [-0.05, 0) is 0 Å². The van der Waals surface area contributed by atoms with Gasteiger partial charge < -0.3 is 15.1 Å². The maximum atomic E-state index is 10.6. The van der Waals surface area contributed by atoms with Crippen molar-refractivity contribution in [3.63, 3.8) is 0 Å². The molecule has 0 aromatic carbocycles. The SMILES string of the molecule is N#Cc1cnc(N(CC(=O)O)CC(=O)O)cn1. The van der Waals surface area contributed by atoms with Gasteiger partial charge in [0, 0.05) is 0 Å². The highest BCUT2D eigenvalue weighted by Crippen LogP contribution is 2.08. The number of aliphatic carboxylic acids is 2. The molecular weight excluding hydrogens is 228 g/mol. The van der Waals surface area contributed by atoms with Gasteiger partial charge in [-0.3, -0.25) is 9.59 Å². The molecule has 0 unspecified atom stereocenters. The van der Waals surface area contributed by atoms with Crippen molar-refractivity contribution in [3.8, 4) is 6.07 Å². The van der Waals surface area contributed by atoms with Crippen LogP contribution in [0.5, 0.6) is 0 Å². The monoisotopic (exact) mass is 236 g/mol. The van der Waals surface area contributed by atoms with Crippen LogP contribution in [0.4, 0.5) is 5.82 Å². The standard InChI is InChI=1S/C9H8N4O4/c10-1-6-2-12-7(3-11-6)13(4-8(14)15)5-9(16)17/h2-3H,4-5H2,(H,14,15)(H,16,17). The van der Waals surface area contributed by atoms with E-state index in [0.29, 0.717) is 0 Å². The number of anilines is 1. The fourth-order valence-electron chi connectivity index (χ4n) is 1.09. The quantitative estimate of drug-likeness (QED) is 0.688. The molecule has 1 aromatic rings. The third-order valence-corrected chi connectivity index (χ3v) is 1.73. The van der Waals surface area contributed by atoms with E-state index in [9.17, 15) is 9.59 Å². The number of hydrogen-bond acceptors (Lipinski definition) is 6. The topological polar surface area (TPSA) is 127 Å². The van der Waals surface area contributed by atoms with Crippen molar-refractivity contribution in [3.05, 3.63) is 18.1 Å². The first-order valence-corrected chi connectivity index (χ1v) is 4.43. The highest BCUT2D eigenvalue weighted by Gasteiger charge is 2.15. The van der Waals surface area contributed by atoms with E-state index in [1.807, 2.05) is 0 Å². The lowest BCUT2D eigenvalue weighted by atomic mass is 10.4. The molecule has 0 saturated carbocycles. The van der Waals surface area contributed by atoms with E-state index in [-0.39, 0.29) is 11.5 Å². The van der Waals surface area contributed by atoms with Gasteiger partial charge in [-0.25, -0.2) is 9.97 Å². The Labute approximate surface area is 95.8 Å². The van der Waals surface area contributed by atoms with Crippen molar-refractivity contribution in [2.24, 2.45) is 0 Å². The van der Waals surface area contributed by atoms with Crippen LogP contribution in [0.15, 0.2) is 12.4 Å². The minimum atomic E-state index is -1.18. The third kappa shape index (κ3) is 3.75. The van der Waals surface area contributed by atoms with Crippen molar-refractivity contribution in [2.45, 2.75) is 0 Å². The molecule has 1 heterocycles. The second-order valence-corrected chi connectivity index (χ2v) is 3.02. The van der Waals surface area contributed by atoms with E-state index in [2.05, 4.69) is 9.97 Å². The number of carbonyl (C=O) groups is 2. The van der Waals surface area contributed by atoms with E-state index in [4.69, 9.17) is 15.5 Å². The summed E-state index contributed by atoms with van der Waals surface area (Å²) in [6.07, 6.45) is 2.30. The van der Waals surface area contributed by atoms with Gasteiger partial charge in [-0.15, -0.1) is 0 Å². The first-order chi connectivity index (χ1) is 8.02. The number of nitriles is 1. The molecule has 0 bridgehead atoms. The van der Waals surface area contributed by atoms with Gasteiger partial charge in [0.25, 0.3) is 0 Å². The lowest BCUT2D eigenvalue weighted by Crippen LogP contribution is -2.35. The van der Waals surface area contributed by atoms with Gasteiger partial charge in [-0.1, -0.05) is 0 Å². The van der Waals surface area contributed by atoms with Crippen LogP contribution in [-0.4, -0.2) is 45.2 Å². The zero-order chi connectivity index (χ0) is 12.8. The zero-order valence-electron chi connectivity index (χ0n) is 8.57. The number of rotatable bonds is 5. The van der Waals surface area contributed by atoms with Gasteiger partial charge >= 0.3 is 11.9 Å². The fourth-order valence-corrected chi connectivity index (χ4v) is 1.09. The molecule has 88 valence electrons. The number of carboxylic acid groups (broad SMARTS) is 2. The second-order valence-electron chi connectivity index (χ2n) is 3.02. The number of carboxylic acids is 2. The predicted molar refractivity (Wildman–Crippen MR) is 54.2 cm³/mol. The molecule has 0 radical (unpaired) electrons. The average molecular weight is 236 g/mol. The molecular formula is C9H8N4O4. The predicted octanol–water partition coefficient (Wildman–Crippen LogP) is -0.676. The summed E-state index contributed by atoms with van der Waals surface area (Å²) in [7, 11) is 0. The van der Waals surface area contributed by atoms with Crippen molar-refractivity contribution in [2.75, 3.05) is 18.0 Å². The molecule has 0 atom stereocenters. The Morgan fingerprint density at radius 1 is 1.24 bits per heavy atom. The number of aromatic nitrogens is 2. The summed E-state index contributed by atoms with van der Waals surface area (Å²) in [5.41, 5.74) is 0.0688. The van der Waals surface area contributed by atoms with Crippen molar-refractivity contribution in [1.82, 2.24) is 9.97 Å². The summed E-state index contributed by atoms with van der Waals surface area (Å²) in [6, 6.07) is 1.75. The van der Waals surface area contributed by atoms with E-state index in [1.165, 1.54) is 0 Å². The molecule has 17 heavy (non-hydrogen) atoms. The Bertz CT molecular complexity index is 449. The van der Waals surface area contributed by atoms with Crippen LogP contribution < -0.4 is 4.90 Å². The van der Waals surface area contributed by atoms with E-state index < -0.39 is 25.0 Å². The lowest BCUT2D eigenvalue weighted by molar-refractivity contribution is -0.136. The Morgan fingerprint density at radius 2 is 1.82 bits per heavy atom. The smallest absolute Gasteiger partial charge is 0.323 e. The molecule has 2 N–H and O–H groups in total.